The number of amides is 1. The summed E-state index contributed by atoms with van der Waals surface area (Å²) in [6, 6.07) is 6.91. The quantitative estimate of drug-likeness (QED) is 0.423. The van der Waals surface area contributed by atoms with Crippen molar-refractivity contribution in [2.45, 2.75) is 20.0 Å². The largest absolute Gasteiger partial charge is 0.493 e. The van der Waals surface area contributed by atoms with Crippen LogP contribution in [0.2, 0.25) is 0 Å². The number of nitrogens with one attached hydrogen (secondary N) is 1. The van der Waals surface area contributed by atoms with Crippen LogP contribution in [0.3, 0.4) is 0 Å². The van der Waals surface area contributed by atoms with Crippen molar-refractivity contribution in [3.8, 4) is 34.5 Å². The fraction of sp³-hybridized carbons (Fsp3) is 0.250. The maximum absolute atomic E-state index is 12.4. The zero-order chi connectivity index (χ0) is 22.7. The lowest BCUT2D eigenvalue weighted by Gasteiger charge is -2.13. The summed E-state index contributed by atoms with van der Waals surface area (Å²) in [4.78, 5) is 28.8. The monoisotopic (exact) mass is 457 g/mol. The number of carbonyl (C=O) groups is 1. The predicted octanol–water partition coefficient (Wildman–Crippen LogP) is 2.26. The second-order valence-electron chi connectivity index (χ2n) is 6.59. The molecule has 0 radical (unpaired) electrons. The predicted molar refractivity (Wildman–Crippen MR) is 113 cm³/mol. The van der Waals surface area contributed by atoms with E-state index in [1.807, 2.05) is 12.3 Å². The number of nitrogens with zero attached hydrogens (tertiary/aromatic N) is 4. The fourth-order valence-electron chi connectivity index (χ4n) is 2.96. The summed E-state index contributed by atoms with van der Waals surface area (Å²) in [5.74, 6) is 0.217. The van der Waals surface area contributed by atoms with E-state index in [0.29, 0.717) is 23.0 Å². The SMILES string of the molecule is COc1cccc(CNC(=O)Cn2nc(-c3cc(-c4csc(C)n4)on3)oc2=O)c1OC. The summed E-state index contributed by atoms with van der Waals surface area (Å²) in [5.41, 5.74) is 1.57. The molecule has 32 heavy (non-hydrogen) atoms. The fourth-order valence-corrected chi connectivity index (χ4v) is 3.56. The first-order valence-electron chi connectivity index (χ1n) is 9.42. The maximum atomic E-state index is 12.4. The third-order valence-electron chi connectivity index (χ3n) is 4.46. The minimum Gasteiger partial charge on any atom is -0.493 e. The normalized spacial score (nSPS) is 10.8. The van der Waals surface area contributed by atoms with Crippen LogP contribution in [0.15, 0.2) is 43.4 Å². The van der Waals surface area contributed by atoms with E-state index in [1.165, 1.54) is 25.6 Å². The van der Waals surface area contributed by atoms with Crippen molar-refractivity contribution >= 4 is 17.2 Å². The first-order valence-corrected chi connectivity index (χ1v) is 10.3. The molecule has 12 heteroatoms. The Kier molecular flexibility index (Phi) is 6.03. The maximum Gasteiger partial charge on any atom is 0.437 e. The van der Waals surface area contributed by atoms with Crippen LogP contribution in [0, 0.1) is 6.92 Å². The van der Waals surface area contributed by atoms with Crippen molar-refractivity contribution in [3.63, 3.8) is 0 Å². The highest BCUT2D eigenvalue weighted by atomic mass is 32.1. The summed E-state index contributed by atoms with van der Waals surface area (Å²) >= 11 is 1.47. The van der Waals surface area contributed by atoms with Crippen molar-refractivity contribution < 1.29 is 23.2 Å². The van der Waals surface area contributed by atoms with E-state index in [9.17, 15) is 9.59 Å². The Balaban J connectivity index is 1.43. The van der Waals surface area contributed by atoms with Crippen LogP contribution in [-0.4, -0.2) is 40.0 Å². The van der Waals surface area contributed by atoms with Crippen LogP contribution < -0.4 is 20.5 Å². The van der Waals surface area contributed by atoms with Gasteiger partial charge in [-0.3, -0.25) is 4.79 Å². The molecule has 0 aliphatic rings. The molecule has 3 heterocycles. The molecular formula is C20H19N5O6S. The van der Waals surface area contributed by atoms with Gasteiger partial charge in [0.05, 0.1) is 19.2 Å². The van der Waals surface area contributed by atoms with E-state index in [0.717, 1.165) is 15.3 Å². The summed E-state index contributed by atoms with van der Waals surface area (Å²) in [6.07, 6.45) is 0. The van der Waals surface area contributed by atoms with Crippen molar-refractivity contribution in [3.05, 3.63) is 50.8 Å². The van der Waals surface area contributed by atoms with E-state index in [-0.39, 0.29) is 24.7 Å². The standard InChI is InChI=1S/C20H19N5O6S/c1-11-22-14(10-32-11)16-7-13(24-31-16)19-23-25(20(27)30-19)9-17(26)21-8-12-5-4-6-15(28-2)18(12)29-3/h4-7,10H,8-9H2,1-3H3,(H,21,26). The van der Waals surface area contributed by atoms with E-state index >= 15 is 0 Å². The molecule has 3 aromatic heterocycles. The Morgan fingerprint density at radius 1 is 1.25 bits per heavy atom. The number of para-hydroxylation sites is 1. The lowest BCUT2D eigenvalue weighted by atomic mass is 10.2. The van der Waals surface area contributed by atoms with Gasteiger partial charge >= 0.3 is 5.76 Å². The second kappa shape index (κ2) is 9.06. The number of benzene rings is 1. The van der Waals surface area contributed by atoms with Gasteiger partial charge in [-0.2, -0.15) is 4.68 Å². The average molecular weight is 457 g/mol. The van der Waals surface area contributed by atoms with Gasteiger partial charge in [0.25, 0.3) is 5.89 Å². The van der Waals surface area contributed by atoms with Crippen molar-refractivity contribution in [1.82, 2.24) is 25.2 Å². The van der Waals surface area contributed by atoms with Gasteiger partial charge in [0, 0.05) is 23.6 Å². The molecule has 4 rings (SSSR count). The highest BCUT2D eigenvalue weighted by Crippen LogP contribution is 2.30. The number of hydrogen-bond acceptors (Lipinski definition) is 10. The first kappa shape index (κ1) is 21.3. The van der Waals surface area contributed by atoms with Gasteiger partial charge in [-0.15, -0.1) is 16.4 Å². The minimum atomic E-state index is -0.789. The van der Waals surface area contributed by atoms with Gasteiger partial charge in [0.2, 0.25) is 5.91 Å². The molecule has 1 amide bonds. The molecule has 166 valence electrons. The molecule has 0 saturated carbocycles. The smallest absolute Gasteiger partial charge is 0.437 e. The lowest BCUT2D eigenvalue weighted by Crippen LogP contribution is -2.31. The molecule has 1 aromatic carbocycles. The van der Waals surface area contributed by atoms with E-state index < -0.39 is 11.7 Å². The number of aryl methyl sites for hydroxylation is 1. The molecule has 0 spiro atoms. The molecule has 0 atom stereocenters. The molecule has 0 aliphatic heterocycles. The zero-order valence-corrected chi connectivity index (χ0v) is 18.3. The summed E-state index contributed by atoms with van der Waals surface area (Å²) in [5, 5.41) is 13.3. The van der Waals surface area contributed by atoms with Crippen molar-refractivity contribution in [2.24, 2.45) is 0 Å². The summed E-state index contributed by atoms with van der Waals surface area (Å²) in [7, 11) is 3.05. The highest BCUT2D eigenvalue weighted by molar-refractivity contribution is 7.09. The molecule has 11 nitrogen and oxygen atoms in total. The van der Waals surface area contributed by atoms with Gasteiger partial charge in [0.1, 0.15) is 12.2 Å². The Morgan fingerprint density at radius 3 is 2.81 bits per heavy atom. The molecule has 0 aliphatic carbocycles. The number of thiazole rings is 1. The lowest BCUT2D eigenvalue weighted by molar-refractivity contribution is -0.122. The third-order valence-corrected chi connectivity index (χ3v) is 5.23. The summed E-state index contributed by atoms with van der Waals surface area (Å²) in [6.45, 7) is 1.73. The Labute approximate surface area is 185 Å². The van der Waals surface area contributed by atoms with Crippen molar-refractivity contribution in [1.29, 1.82) is 0 Å². The second-order valence-corrected chi connectivity index (χ2v) is 7.65. The number of ether oxygens (including phenoxy) is 2. The topological polar surface area (TPSA) is 135 Å². The van der Waals surface area contributed by atoms with Crippen molar-refractivity contribution in [2.75, 3.05) is 14.2 Å². The number of aromatic nitrogens is 4. The van der Waals surface area contributed by atoms with Gasteiger partial charge in [0.15, 0.2) is 23.0 Å². The zero-order valence-electron chi connectivity index (χ0n) is 17.4. The third kappa shape index (κ3) is 4.39. The first-order chi connectivity index (χ1) is 15.5. The van der Waals surface area contributed by atoms with Crippen LogP contribution in [0.25, 0.3) is 23.0 Å². The molecule has 0 bridgehead atoms. The Bertz CT molecular complexity index is 1300. The average Bonchev–Trinajstić information content (AvgIpc) is 3.52. The van der Waals surface area contributed by atoms with E-state index in [4.69, 9.17) is 18.4 Å². The minimum absolute atomic E-state index is 0.0563. The Hall–Kier alpha value is -3.93. The van der Waals surface area contributed by atoms with Crippen LogP contribution in [-0.2, 0) is 17.9 Å². The number of carbonyl (C=O) groups excluding carboxylic acids is 1. The number of rotatable bonds is 8. The highest BCUT2D eigenvalue weighted by Gasteiger charge is 2.19. The van der Waals surface area contributed by atoms with Gasteiger partial charge in [-0.1, -0.05) is 17.3 Å². The van der Waals surface area contributed by atoms with Crippen LogP contribution in [0.5, 0.6) is 11.5 Å². The van der Waals surface area contributed by atoms with E-state index in [1.54, 1.807) is 24.3 Å². The van der Waals surface area contributed by atoms with Gasteiger partial charge in [-0.05, 0) is 13.0 Å². The summed E-state index contributed by atoms with van der Waals surface area (Å²) < 4.78 is 21.9. The molecule has 4 aromatic rings. The van der Waals surface area contributed by atoms with Gasteiger partial charge in [-0.25, -0.2) is 9.78 Å². The van der Waals surface area contributed by atoms with E-state index in [2.05, 4.69) is 20.6 Å². The molecule has 1 N–H and O–H groups in total. The molecule has 0 saturated heterocycles. The number of methoxy groups -OCH3 is 2. The molecule has 0 fully saturated rings. The van der Waals surface area contributed by atoms with Gasteiger partial charge < -0.3 is 23.7 Å². The molecular weight excluding hydrogens is 438 g/mol. The number of hydrogen-bond donors (Lipinski definition) is 1. The van der Waals surface area contributed by atoms with Crippen LogP contribution >= 0.6 is 11.3 Å². The Morgan fingerprint density at radius 2 is 2.09 bits per heavy atom. The van der Waals surface area contributed by atoms with Crippen LogP contribution in [0.4, 0.5) is 0 Å². The van der Waals surface area contributed by atoms with Crippen LogP contribution in [0.1, 0.15) is 10.6 Å². The molecule has 0 unspecified atom stereocenters.